The lowest BCUT2D eigenvalue weighted by molar-refractivity contribution is 0.598. The van der Waals surface area contributed by atoms with Gasteiger partial charge in [0.15, 0.2) is 0 Å². The van der Waals surface area contributed by atoms with Gasteiger partial charge in [0.1, 0.15) is 0 Å². The SMILES string of the molecule is Cl.NS(=O)(=O)c1ccc2c[nH]cc2c1. The Bertz CT molecular complexity index is 547. The summed E-state index contributed by atoms with van der Waals surface area (Å²) in [5, 5.41) is 6.78. The van der Waals surface area contributed by atoms with Gasteiger partial charge in [-0.25, -0.2) is 13.6 Å². The highest BCUT2D eigenvalue weighted by Crippen LogP contribution is 2.17. The molecule has 0 aliphatic heterocycles. The van der Waals surface area contributed by atoms with Crippen molar-refractivity contribution in [1.82, 2.24) is 4.98 Å². The summed E-state index contributed by atoms with van der Waals surface area (Å²) in [4.78, 5) is 3.02. The smallest absolute Gasteiger partial charge is 0.238 e. The van der Waals surface area contributed by atoms with Crippen LogP contribution in [0.25, 0.3) is 10.8 Å². The fourth-order valence-corrected chi connectivity index (χ4v) is 1.76. The van der Waals surface area contributed by atoms with E-state index in [0.29, 0.717) is 0 Å². The van der Waals surface area contributed by atoms with E-state index >= 15 is 0 Å². The number of fused-ring (bicyclic) bond motifs is 1. The minimum atomic E-state index is -3.59. The van der Waals surface area contributed by atoms with Crippen molar-refractivity contribution in [2.24, 2.45) is 5.14 Å². The van der Waals surface area contributed by atoms with Gasteiger partial charge in [-0.2, -0.15) is 0 Å². The van der Waals surface area contributed by atoms with Crippen molar-refractivity contribution in [3.05, 3.63) is 30.6 Å². The molecule has 0 unspecified atom stereocenters. The first-order chi connectivity index (χ1) is 6.07. The van der Waals surface area contributed by atoms with E-state index in [1.54, 1.807) is 24.5 Å². The topological polar surface area (TPSA) is 76.0 Å². The van der Waals surface area contributed by atoms with Crippen LogP contribution in [0.2, 0.25) is 0 Å². The molecule has 76 valence electrons. The molecule has 1 heterocycles. The molecular weight excluding hydrogens is 224 g/mol. The van der Waals surface area contributed by atoms with Gasteiger partial charge in [0, 0.05) is 17.8 Å². The van der Waals surface area contributed by atoms with Crippen LogP contribution in [0.5, 0.6) is 0 Å². The van der Waals surface area contributed by atoms with Crippen molar-refractivity contribution in [2.45, 2.75) is 4.90 Å². The van der Waals surface area contributed by atoms with E-state index in [9.17, 15) is 8.42 Å². The number of nitrogens with one attached hydrogen (secondary N) is 1. The summed E-state index contributed by atoms with van der Waals surface area (Å²) >= 11 is 0. The highest BCUT2D eigenvalue weighted by atomic mass is 35.5. The molecular formula is C8H9ClN2O2S. The molecule has 3 N–H and O–H groups in total. The van der Waals surface area contributed by atoms with Crippen LogP contribution in [0.4, 0.5) is 0 Å². The molecule has 2 rings (SSSR count). The third-order valence-electron chi connectivity index (χ3n) is 1.86. The van der Waals surface area contributed by atoms with Crippen molar-refractivity contribution in [1.29, 1.82) is 0 Å². The molecule has 0 bridgehead atoms. The van der Waals surface area contributed by atoms with Crippen LogP contribution >= 0.6 is 12.4 Å². The maximum atomic E-state index is 11.0. The van der Waals surface area contributed by atoms with Crippen molar-refractivity contribution in [2.75, 3.05) is 0 Å². The molecule has 0 radical (unpaired) electrons. The van der Waals surface area contributed by atoms with E-state index in [0.717, 1.165) is 10.8 Å². The predicted molar refractivity (Wildman–Crippen MR) is 56.9 cm³/mol. The van der Waals surface area contributed by atoms with E-state index in [4.69, 9.17) is 5.14 Å². The number of aromatic amines is 1. The van der Waals surface area contributed by atoms with Gasteiger partial charge >= 0.3 is 0 Å². The average molecular weight is 233 g/mol. The predicted octanol–water partition coefficient (Wildman–Crippen LogP) is 1.24. The van der Waals surface area contributed by atoms with Gasteiger partial charge in [0.2, 0.25) is 10.0 Å². The first-order valence-corrected chi connectivity index (χ1v) is 5.21. The van der Waals surface area contributed by atoms with Crippen molar-refractivity contribution in [3.8, 4) is 0 Å². The molecule has 4 nitrogen and oxygen atoms in total. The first-order valence-electron chi connectivity index (χ1n) is 3.67. The molecule has 0 aliphatic carbocycles. The number of hydrogen-bond acceptors (Lipinski definition) is 2. The number of benzene rings is 1. The Hall–Kier alpha value is -1.04. The Morgan fingerprint density at radius 2 is 1.79 bits per heavy atom. The van der Waals surface area contributed by atoms with Gasteiger partial charge in [-0.1, -0.05) is 6.07 Å². The monoisotopic (exact) mass is 232 g/mol. The van der Waals surface area contributed by atoms with Gasteiger partial charge in [0.05, 0.1) is 4.90 Å². The normalized spacial score (nSPS) is 11.2. The lowest BCUT2D eigenvalue weighted by Crippen LogP contribution is -2.11. The summed E-state index contributed by atoms with van der Waals surface area (Å²) < 4.78 is 21.9. The summed E-state index contributed by atoms with van der Waals surface area (Å²) in [5.74, 6) is 0. The van der Waals surface area contributed by atoms with Crippen LogP contribution in [0.15, 0.2) is 35.5 Å². The molecule has 0 amide bonds. The molecule has 0 fully saturated rings. The lowest BCUT2D eigenvalue weighted by Gasteiger charge is -1.96. The van der Waals surface area contributed by atoms with Crippen LogP contribution < -0.4 is 5.14 Å². The quantitative estimate of drug-likeness (QED) is 0.776. The van der Waals surface area contributed by atoms with Crippen molar-refractivity contribution in [3.63, 3.8) is 0 Å². The molecule has 0 spiro atoms. The van der Waals surface area contributed by atoms with Gasteiger partial charge in [0.25, 0.3) is 0 Å². The zero-order chi connectivity index (χ0) is 9.47. The van der Waals surface area contributed by atoms with E-state index in [1.165, 1.54) is 6.07 Å². The largest absolute Gasteiger partial charge is 0.366 e. The number of rotatable bonds is 1. The summed E-state index contributed by atoms with van der Waals surface area (Å²) in [7, 11) is -3.59. The van der Waals surface area contributed by atoms with Crippen LogP contribution in [-0.2, 0) is 10.0 Å². The van der Waals surface area contributed by atoms with E-state index in [2.05, 4.69) is 4.98 Å². The summed E-state index contributed by atoms with van der Waals surface area (Å²) in [5.41, 5.74) is 0. The van der Waals surface area contributed by atoms with E-state index in [1.807, 2.05) is 0 Å². The minimum absolute atomic E-state index is 0. The summed E-state index contributed by atoms with van der Waals surface area (Å²) in [6.45, 7) is 0. The van der Waals surface area contributed by atoms with Crippen LogP contribution in [0, 0.1) is 0 Å². The number of hydrogen-bond donors (Lipinski definition) is 2. The van der Waals surface area contributed by atoms with Crippen LogP contribution in [0.1, 0.15) is 0 Å². The second-order valence-electron chi connectivity index (χ2n) is 2.79. The fraction of sp³-hybridized carbons (Fsp3) is 0. The summed E-state index contributed by atoms with van der Waals surface area (Å²) in [6, 6.07) is 4.75. The zero-order valence-electron chi connectivity index (χ0n) is 7.10. The van der Waals surface area contributed by atoms with Crippen molar-refractivity contribution < 1.29 is 8.42 Å². The number of H-pyrrole nitrogens is 1. The minimum Gasteiger partial charge on any atom is -0.366 e. The van der Waals surface area contributed by atoms with Gasteiger partial charge in [-0.15, -0.1) is 12.4 Å². The number of sulfonamides is 1. The summed E-state index contributed by atoms with van der Waals surface area (Å²) in [6.07, 6.45) is 3.52. The molecule has 0 atom stereocenters. The molecule has 0 saturated carbocycles. The molecule has 1 aromatic carbocycles. The molecule has 1 aromatic heterocycles. The Kier molecular flexibility index (Phi) is 2.84. The number of nitrogens with two attached hydrogens (primary N) is 1. The third kappa shape index (κ3) is 1.89. The molecule has 14 heavy (non-hydrogen) atoms. The molecule has 2 aromatic rings. The van der Waals surface area contributed by atoms with Crippen LogP contribution in [0.3, 0.4) is 0 Å². The van der Waals surface area contributed by atoms with E-state index in [-0.39, 0.29) is 17.3 Å². The zero-order valence-corrected chi connectivity index (χ0v) is 8.73. The fourth-order valence-electron chi connectivity index (χ4n) is 1.21. The maximum Gasteiger partial charge on any atom is 0.238 e. The number of primary sulfonamides is 1. The highest BCUT2D eigenvalue weighted by molar-refractivity contribution is 7.89. The Morgan fingerprint density at radius 1 is 1.14 bits per heavy atom. The average Bonchev–Trinajstić information content (AvgIpc) is 2.47. The standard InChI is InChI=1S/C8H8N2O2S.ClH/c9-13(11,12)8-2-1-6-4-10-5-7(6)3-8;/h1-5,10H,(H2,9,11,12);1H. The second-order valence-corrected chi connectivity index (χ2v) is 4.35. The lowest BCUT2D eigenvalue weighted by atomic mass is 10.2. The van der Waals surface area contributed by atoms with Gasteiger partial charge in [-0.05, 0) is 17.5 Å². The van der Waals surface area contributed by atoms with Crippen molar-refractivity contribution >= 4 is 33.2 Å². The number of halogens is 1. The highest BCUT2D eigenvalue weighted by Gasteiger charge is 2.07. The molecule has 6 heteroatoms. The Morgan fingerprint density at radius 3 is 2.43 bits per heavy atom. The van der Waals surface area contributed by atoms with Gasteiger partial charge in [-0.3, -0.25) is 0 Å². The van der Waals surface area contributed by atoms with E-state index < -0.39 is 10.0 Å². The Balaban J connectivity index is 0.000000980. The van der Waals surface area contributed by atoms with Crippen LogP contribution in [-0.4, -0.2) is 13.4 Å². The Labute approximate surface area is 87.6 Å². The van der Waals surface area contributed by atoms with Gasteiger partial charge < -0.3 is 4.98 Å². The molecule has 0 saturated heterocycles. The number of aromatic nitrogens is 1. The third-order valence-corrected chi connectivity index (χ3v) is 2.78. The second kappa shape index (κ2) is 3.61. The first kappa shape index (κ1) is 11.0. The molecule has 0 aliphatic rings. The maximum absolute atomic E-state index is 11.0.